The predicted molar refractivity (Wildman–Crippen MR) is 30.2 cm³/mol. The van der Waals surface area contributed by atoms with Crippen molar-refractivity contribution in [3.05, 3.63) is 7.05 Å². The van der Waals surface area contributed by atoms with Gasteiger partial charge in [-0.3, -0.25) is 7.05 Å². The fourth-order valence-electron chi connectivity index (χ4n) is 1.44. The summed E-state index contributed by atoms with van der Waals surface area (Å²) in [5.74, 6) is 0. The van der Waals surface area contributed by atoms with Gasteiger partial charge in [0.15, 0.2) is 0 Å². The fraction of sp³-hybridized carbons (Fsp3) is 0.833. The SMILES string of the molecule is [CH2-]N1CC2CC(C1)O2. The second-order valence-corrected chi connectivity index (χ2v) is 2.65. The zero-order valence-electron chi connectivity index (χ0n) is 4.84. The minimum absolute atomic E-state index is 0.520. The molecule has 0 aliphatic carbocycles. The average Bonchev–Trinajstić information content (AvgIpc) is 1.62. The number of rotatable bonds is 0. The van der Waals surface area contributed by atoms with Crippen LogP contribution in [0.25, 0.3) is 0 Å². The van der Waals surface area contributed by atoms with Gasteiger partial charge in [0.1, 0.15) is 0 Å². The molecule has 3 rings (SSSR count). The number of nitrogens with zero attached hydrogens (tertiary/aromatic N) is 1. The Hall–Kier alpha value is -0.0800. The maximum atomic E-state index is 5.36. The van der Waals surface area contributed by atoms with Gasteiger partial charge in [0.25, 0.3) is 0 Å². The highest BCUT2D eigenvalue weighted by Crippen LogP contribution is 2.26. The quantitative estimate of drug-likeness (QED) is 0.416. The Kier molecular flexibility index (Phi) is 0.866. The van der Waals surface area contributed by atoms with Crippen LogP contribution < -0.4 is 0 Å². The van der Waals surface area contributed by atoms with Gasteiger partial charge in [-0.1, -0.05) is 0 Å². The normalized spacial score (nSPS) is 46.1. The first-order valence-electron chi connectivity index (χ1n) is 3.05. The molecule has 3 heterocycles. The Morgan fingerprint density at radius 3 is 2.12 bits per heavy atom. The van der Waals surface area contributed by atoms with Crippen molar-refractivity contribution in [3.8, 4) is 0 Å². The molecule has 3 aliphatic heterocycles. The van der Waals surface area contributed by atoms with E-state index in [-0.39, 0.29) is 0 Å². The number of morpholine rings is 1. The van der Waals surface area contributed by atoms with E-state index in [0.717, 1.165) is 13.1 Å². The molecule has 0 aromatic rings. The molecular formula is C6H10NO-. The molecule has 0 spiro atoms. The first kappa shape index (κ1) is 4.77. The van der Waals surface area contributed by atoms with E-state index in [4.69, 9.17) is 4.74 Å². The summed E-state index contributed by atoms with van der Waals surface area (Å²) in [6, 6.07) is 0. The van der Waals surface area contributed by atoms with Crippen molar-refractivity contribution in [1.82, 2.24) is 4.90 Å². The van der Waals surface area contributed by atoms with Gasteiger partial charge in [0.2, 0.25) is 0 Å². The zero-order valence-corrected chi connectivity index (χ0v) is 4.84. The van der Waals surface area contributed by atoms with E-state index < -0.39 is 0 Å². The molecule has 2 nitrogen and oxygen atoms in total. The lowest BCUT2D eigenvalue weighted by molar-refractivity contribution is -0.172. The molecule has 0 saturated carbocycles. The van der Waals surface area contributed by atoms with Crippen LogP contribution in [0.1, 0.15) is 6.42 Å². The maximum absolute atomic E-state index is 5.36. The van der Waals surface area contributed by atoms with Gasteiger partial charge >= 0.3 is 0 Å². The van der Waals surface area contributed by atoms with Gasteiger partial charge in [-0.05, 0) is 13.1 Å². The van der Waals surface area contributed by atoms with E-state index in [2.05, 4.69) is 11.9 Å². The van der Waals surface area contributed by atoms with E-state index in [1.165, 1.54) is 6.42 Å². The summed E-state index contributed by atoms with van der Waals surface area (Å²) in [5.41, 5.74) is 0. The van der Waals surface area contributed by atoms with Crippen LogP contribution in [0.15, 0.2) is 0 Å². The summed E-state index contributed by atoms with van der Waals surface area (Å²) in [6.07, 6.45) is 2.31. The van der Waals surface area contributed by atoms with Crippen LogP contribution >= 0.6 is 0 Å². The summed E-state index contributed by atoms with van der Waals surface area (Å²) >= 11 is 0. The molecule has 2 unspecified atom stereocenters. The highest BCUT2D eigenvalue weighted by Gasteiger charge is 2.34. The molecule has 0 aromatic carbocycles. The number of ether oxygens (including phenoxy) is 1. The van der Waals surface area contributed by atoms with Crippen molar-refractivity contribution < 1.29 is 4.74 Å². The van der Waals surface area contributed by atoms with Gasteiger partial charge in [-0.15, -0.1) is 0 Å². The third kappa shape index (κ3) is 0.565. The molecule has 2 heteroatoms. The molecule has 3 fully saturated rings. The van der Waals surface area contributed by atoms with Gasteiger partial charge in [-0.2, -0.15) is 0 Å². The van der Waals surface area contributed by atoms with E-state index in [1.807, 2.05) is 0 Å². The molecule has 0 radical (unpaired) electrons. The van der Waals surface area contributed by atoms with Crippen LogP contribution in [0.3, 0.4) is 0 Å². The molecule has 0 N–H and O–H groups in total. The highest BCUT2D eigenvalue weighted by atomic mass is 16.5. The average molecular weight is 112 g/mol. The molecular weight excluding hydrogens is 102 g/mol. The van der Waals surface area contributed by atoms with Crippen LogP contribution in [-0.4, -0.2) is 30.2 Å². The lowest BCUT2D eigenvalue weighted by Crippen LogP contribution is -2.55. The van der Waals surface area contributed by atoms with Gasteiger partial charge in [0.05, 0.1) is 12.2 Å². The Bertz CT molecular complexity index is 88.7. The van der Waals surface area contributed by atoms with E-state index in [0.29, 0.717) is 12.2 Å². The standard InChI is InChI=1S/C6H10NO/c1-7-3-5-2-6(4-7)8-5/h5-6H,1-4H2/q-1. The van der Waals surface area contributed by atoms with Crippen LogP contribution in [0.2, 0.25) is 0 Å². The van der Waals surface area contributed by atoms with Crippen LogP contribution in [0, 0.1) is 7.05 Å². The molecule has 3 saturated heterocycles. The van der Waals surface area contributed by atoms with Crippen molar-refractivity contribution in [1.29, 1.82) is 0 Å². The second kappa shape index (κ2) is 1.45. The Morgan fingerprint density at radius 2 is 1.88 bits per heavy atom. The maximum Gasteiger partial charge on any atom is 0.0707 e. The number of piperidine rings is 1. The van der Waals surface area contributed by atoms with Gasteiger partial charge < -0.3 is 9.64 Å². The van der Waals surface area contributed by atoms with Crippen molar-refractivity contribution in [2.24, 2.45) is 0 Å². The summed E-state index contributed by atoms with van der Waals surface area (Å²) in [5, 5.41) is 0. The number of hydrogen-bond donors (Lipinski definition) is 0. The molecule has 0 aromatic heterocycles. The fourth-order valence-corrected chi connectivity index (χ4v) is 1.44. The van der Waals surface area contributed by atoms with Crippen molar-refractivity contribution in [2.45, 2.75) is 18.6 Å². The van der Waals surface area contributed by atoms with E-state index in [9.17, 15) is 0 Å². The van der Waals surface area contributed by atoms with E-state index >= 15 is 0 Å². The lowest BCUT2D eigenvalue weighted by atomic mass is 10.00. The third-order valence-electron chi connectivity index (χ3n) is 1.83. The summed E-state index contributed by atoms with van der Waals surface area (Å²) < 4.78 is 5.36. The van der Waals surface area contributed by atoms with Crippen LogP contribution in [0.4, 0.5) is 0 Å². The Morgan fingerprint density at radius 1 is 1.38 bits per heavy atom. The predicted octanol–water partition coefficient (Wildman–Crippen LogP) is 0.251. The van der Waals surface area contributed by atoms with Gasteiger partial charge in [-0.25, -0.2) is 0 Å². The Balaban J connectivity index is 1.97. The molecule has 46 valence electrons. The minimum Gasteiger partial charge on any atom is -0.455 e. The molecule has 2 atom stereocenters. The van der Waals surface area contributed by atoms with Crippen molar-refractivity contribution in [2.75, 3.05) is 13.1 Å². The summed E-state index contributed by atoms with van der Waals surface area (Å²) in [4.78, 5) is 2.09. The zero-order chi connectivity index (χ0) is 5.56. The smallest absolute Gasteiger partial charge is 0.0707 e. The second-order valence-electron chi connectivity index (χ2n) is 2.65. The topological polar surface area (TPSA) is 12.5 Å². The lowest BCUT2D eigenvalue weighted by Gasteiger charge is -2.49. The van der Waals surface area contributed by atoms with Gasteiger partial charge in [0, 0.05) is 6.42 Å². The molecule has 3 aliphatic rings. The monoisotopic (exact) mass is 112 g/mol. The van der Waals surface area contributed by atoms with Crippen LogP contribution in [-0.2, 0) is 4.74 Å². The minimum atomic E-state index is 0.520. The third-order valence-corrected chi connectivity index (χ3v) is 1.83. The van der Waals surface area contributed by atoms with Crippen molar-refractivity contribution >= 4 is 0 Å². The van der Waals surface area contributed by atoms with E-state index in [1.54, 1.807) is 0 Å². The largest absolute Gasteiger partial charge is 0.455 e. The number of hydrogen-bond acceptors (Lipinski definition) is 2. The highest BCUT2D eigenvalue weighted by molar-refractivity contribution is 4.88. The summed E-state index contributed by atoms with van der Waals surface area (Å²) in [7, 11) is 3.83. The molecule has 2 bridgehead atoms. The van der Waals surface area contributed by atoms with Crippen LogP contribution in [0.5, 0.6) is 0 Å². The Labute approximate surface area is 49.4 Å². The first-order valence-corrected chi connectivity index (χ1v) is 3.05. The number of fused-ring (bicyclic) bond motifs is 2. The van der Waals surface area contributed by atoms with Crippen molar-refractivity contribution in [3.63, 3.8) is 0 Å². The molecule has 0 amide bonds. The molecule has 8 heavy (non-hydrogen) atoms. The first-order chi connectivity index (χ1) is 3.84. The summed E-state index contributed by atoms with van der Waals surface area (Å²) in [6.45, 7) is 2.08.